The van der Waals surface area contributed by atoms with Gasteiger partial charge in [0.25, 0.3) is 0 Å². The summed E-state index contributed by atoms with van der Waals surface area (Å²) in [6, 6.07) is 0. The van der Waals surface area contributed by atoms with Crippen LogP contribution in [-0.2, 0) is 65.4 Å². The van der Waals surface area contributed by atoms with Crippen molar-refractivity contribution in [1.29, 1.82) is 0 Å². The van der Waals surface area contributed by atoms with Crippen LogP contribution in [0.3, 0.4) is 0 Å². The van der Waals surface area contributed by atoms with Gasteiger partial charge in [-0.1, -0.05) is 344 Å². The second kappa shape index (κ2) is 67.5. The quantitative estimate of drug-likeness (QED) is 0.0222. The molecule has 19 heteroatoms. The van der Waals surface area contributed by atoms with Gasteiger partial charge >= 0.3 is 39.5 Å². The monoisotopic (exact) mass is 1410 g/mol. The van der Waals surface area contributed by atoms with Crippen molar-refractivity contribution >= 4 is 39.5 Å². The Morgan fingerprint density at radius 3 is 0.708 bits per heavy atom. The van der Waals surface area contributed by atoms with Crippen molar-refractivity contribution < 1.29 is 80.2 Å². The highest BCUT2D eigenvalue weighted by Crippen LogP contribution is 2.45. The summed E-state index contributed by atoms with van der Waals surface area (Å²) >= 11 is 0. The molecule has 0 saturated heterocycles. The Hall–Kier alpha value is -1.94. The molecule has 0 bridgehead atoms. The van der Waals surface area contributed by atoms with E-state index in [1.165, 1.54) is 199 Å². The van der Waals surface area contributed by atoms with Gasteiger partial charge < -0.3 is 33.8 Å². The standard InChI is InChI=1S/C77H150O17P2/c1-8-9-10-11-12-13-14-15-16-19-22-25-30-37-44-51-58-74(79)87-64-72(93-76(81)60-53-46-38-31-26-23-20-17-18-21-24-28-34-41-48-55-68(2)3)66-91-95(83,84)89-62-71(78)63-90-96(85,86)92-67-73(65-88-75(80)59-52-45-40-33-36-43-50-57-70(6)7)94-77(82)61-54-47-39-32-27-29-35-42-49-56-69(4)5/h68-73,78H,8-67H2,1-7H3,(H,83,84)(H,85,86)/t71-,72-,73-/m1/s1. The van der Waals surface area contributed by atoms with Crippen LogP contribution >= 0.6 is 15.6 Å². The molecule has 0 aromatic heterocycles. The van der Waals surface area contributed by atoms with Crippen LogP contribution in [0, 0.1) is 17.8 Å². The predicted octanol–water partition coefficient (Wildman–Crippen LogP) is 22.6. The number of aliphatic hydroxyl groups excluding tert-OH is 1. The molecule has 3 N–H and O–H groups in total. The number of hydrogen-bond donors (Lipinski definition) is 3. The van der Waals surface area contributed by atoms with Gasteiger partial charge in [-0.15, -0.1) is 0 Å². The Morgan fingerprint density at radius 1 is 0.281 bits per heavy atom. The minimum absolute atomic E-state index is 0.104. The first kappa shape index (κ1) is 94.1. The molecule has 570 valence electrons. The summed E-state index contributed by atoms with van der Waals surface area (Å²) in [7, 11) is -9.91. The predicted molar refractivity (Wildman–Crippen MR) is 391 cm³/mol. The Labute approximate surface area is 588 Å². The fraction of sp³-hybridized carbons (Fsp3) is 0.948. The van der Waals surface area contributed by atoms with Crippen LogP contribution in [0.25, 0.3) is 0 Å². The van der Waals surface area contributed by atoms with Crippen LogP contribution in [0.4, 0.5) is 0 Å². The average molecular weight is 1410 g/mol. The number of ether oxygens (including phenoxy) is 4. The molecule has 0 aliphatic carbocycles. The first-order chi connectivity index (χ1) is 46.2. The molecule has 0 amide bonds. The molecule has 0 aliphatic heterocycles. The largest absolute Gasteiger partial charge is 0.472 e. The van der Waals surface area contributed by atoms with Crippen molar-refractivity contribution in [2.45, 2.75) is 414 Å². The van der Waals surface area contributed by atoms with E-state index in [0.29, 0.717) is 31.6 Å². The summed E-state index contributed by atoms with van der Waals surface area (Å²) in [5, 5.41) is 10.6. The summed E-state index contributed by atoms with van der Waals surface area (Å²) in [5.74, 6) is 0.127. The molecule has 0 heterocycles. The van der Waals surface area contributed by atoms with E-state index in [1.54, 1.807) is 0 Å². The van der Waals surface area contributed by atoms with Crippen LogP contribution in [0.1, 0.15) is 395 Å². The number of phosphoric ester groups is 2. The molecule has 0 rings (SSSR count). The number of phosphoric acid groups is 2. The second-order valence-electron chi connectivity index (χ2n) is 29.2. The third-order valence-electron chi connectivity index (χ3n) is 17.9. The van der Waals surface area contributed by atoms with Crippen molar-refractivity contribution in [3.05, 3.63) is 0 Å². The first-order valence-electron chi connectivity index (χ1n) is 39.8. The molecule has 96 heavy (non-hydrogen) atoms. The van der Waals surface area contributed by atoms with Gasteiger partial charge in [-0.3, -0.25) is 37.3 Å². The number of carbonyl (C=O) groups is 4. The van der Waals surface area contributed by atoms with E-state index in [1.807, 2.05) is 0 Å². The van der Waals surface area contributed by atoms with E-state index in [4.69, 9.17) is 37.0 Å². The minimum atomic E-state index is -4.96. The molecule has 0 fully saturated rings. The van der Waals surface area contributed by atoms with E-state index in [9.17, 15) is 43.2 Å². The number of hydrogen-bond acceptors (Lipinski definition) is 15. The van der Waals surface area contributed by atoms with Crippen molar-refractivity contribution in [2.24, 2.45) is 17.8 Å². The summed E-state index contributed by atoms with van der Waals surface area (Å²) in [6.45, 7) is 11.9. The maximum absolute atomic E-state index is 13.1. The lowest BCUT2D eigenvalue weighted by Crippen LogP contribution is -2.30. The zero-order valence-corrected chi connectivity index (χ0v) is 64.6. The maximum atomic E-state index is 13.1. The third-order valence-corrected chi connectivity index (χ3v) is 19.8. The summed E-state index contributed by atoms with van der Waals surface area (Å²) in [5.41, 5.74) is 0. The smallest absolute Gasteiger partial charge is 0.462 e. The molecule has 0 aromatic rings. The Bertz CT molecular complexity index is 1870. The first-order valence-corrected chi connectivity index (χ1v) is 42.8. The van der Waals surface area contributed by atoms with Gasteiger partial charge in [0.1, 0.15) is 19.3 Å². The molecule has 0 radical (unpaired) electrons. The van der Waals surface area contributed by atoms with Crippen molar-refractivity contribution in [2.75, 3.05) is 39.6 Å². The molecule has 2 unspecified atom stereocenters. The second-order valence-corrected chi connectivity index (χ2v) is 32.1. The van der Waals surface area contributed by atoms with E-state index in [2.05, 4.69) is 48.5 Å². The van der Waals surface area contributed by atoms with Crippen LogP contribution in [0.5, 0.6) is 0 Å². The minimum Gasteiger partial charge on any atom is -0.462 e. The fourth-order valence-electron chi connectivity index (χ4n) is 11.8. The number of unbranched alkanes of at least 4 members (excludes halogenated alkanes) is 43. The van der Waals surface area contributed by atoms with Crippen molar-refractivity contribution in [1.82, 2.24) is 0 Å². The van der Waals surface area contributed by atoms with E-state index >= 15 is 0 Å². The molecular formula is C77H150O17P2. The molecule has 5 atom stereocenters. The SMILES string of the molecule is CCCCCCCCCCCCCCCCCCC(=O)OC[C@H](COP(=O)(O)OC[C@@H](O)COP(=O)(O)OC[C@@H](COC(=O)CCCCCCCCCC(C)C)OC(=O)CCCCCCCCCCCC(C)C)OC(=O)CCCCCCCCCCCCCCCCCC(C)C. The molecule has 0 saturated carbocycles. The van der Waals surface area contributed by atoms with Gasteiger partial charge in [0, 0.05) is 25.7 Å². The van der Waals surface area contributed by atoms with Gasteiger partial charge in [0.2, 0.25) is 0 Å². The highest BCUT2D eigenvalue weighted by molar-refractivity contribution is 7.47. The van der Waals surface area contributed by atoms with Gasteiger partial charge in [-0.05, 0) is 43.4 Å². The lowest BCUT2D eigenvalue weighted by atomic mass is 10.0. The lowest BCUT2D eigenvalue weighted by Gasteiger charge is -2.21. The molecule has 17 nitrogen and oxygen atoms in total. The molecular weight excluding hydrogens is 1260 g/mol. The average Bonchev–Trinajstić information content (AvgIpc) is 1.15. The number of carbonyl (C=O) groups excluding carboxylic acids is 4. The topological polar surface area (TPSA) is 237 Å². The highest BCUT2D eigenvalue weighted by Gasteiger charge is 2.30. The number of esters is 4. The molecule has 0 spiro atoms. The van der Waals surface area contributed by atoms with Crippen molar-refractivity contribution in [3.63, 3.8) is 0 Å². The third kappa shape index (κ3) is 70.5. The van der Waals surface area contributed by atoms with Gasteiger partial charge in [-0.2, -0.15) is 0 Å². The normalized spacial score (nSPS) is 14.1. The van der Waals surface area contributed by atoms with E-state index in [0.717, 1.165) is 108 Å². The summed E-state index contributed by atoms with van der Waals surface area (Å²) in [6.07, 6.45) is 54.2. The number of rotatable bonds is 75. The van der Waals surface area contributed by atoms with Crippen LogP contribution in [0.15, 0.2) is 0 Å². The Morgan fingerprint density at radius 2 is 0.479 bits per heavy atom. The summed E-state index contributed by atoms with van der Waals surface area (Å²) < 4.78 is 68.5. The van der Waals surface area contributed by atoms with Crippen molar-refractivity contribution in [3.8, 4) is 0 Å². The summed E-state index contributed by atoms with van der Waals surface area (Å²) in [4.78, 5) is 72.8. The van der Waals surface area contributed by atoms with Gasteiger partial charge in [0.15, 0.2) is 12.2 Å². The van der Waals surface area contributed by atoms with Crippen LogP contribution in [-0.4, -0.2) is 96.7 Å². The molecule has 0 aliphatic rings. The Kier molecular flexibility index (Phi) is 66.2. The van der Waals surface area contributed by atoms with Crippen LogP contribution < -0.4 is 0 Å². The fourth-order valence-corrected chi connectivity index (χ4v) is 13.4. The highest BCUT2D eigenvalue weighted by atomic mass is 31.2. The van der Waals surface area contributed by atoms with E-state index < -0.39 is 97.5 Å². The zero-order valence-electron chi connectivity index (χ0n) is 62.8. The van der Waals surface area contributed by atoms with Crippen LogP contribution in [0.2, 0.25) is 0 Å². The number of aliphatic hydroxyl groups is 1. The Balaban J connectivity index is 5.24. The van der Waals surface area contributed by atoms with Gasteiger partial charge in [-0.25, -0.2) is 9.13 Å². The van der Waals surface area contributed by atoms with E-state index in [-0.39, 0.29) is 25.7 Å². The van der Waals surface area contributed by atoms with Gasteiger partial charge in [0.05, 0.1) is 26.4 Å². The zero-order chi connectivity index (χ0) is 70.9. The maximum Gasteiger partial charge on any atom is 0.472 e. The lowest BCUT2D eigenvalue weighted by molar-refractivity contribution is -0.161. The molecule has 0 aromatic carbocycles.